The fourth-order valence-electron chi connectivity index (χ4n) is 5.59. The van der Waals surface area contributed by atoms with Gasteiger partial charge in [0.2, 0.25) is 0 Å². The normalized spacial score (nSPS) is 18.2. The molecule has 2 saturated heterocycles. The third-order valence-corrected chi connectivity index (χ3v) is 8.99. The molecular formula is C28H37N5OS. The highest BCUT2D eigenvalue weighted by molar-refractivity contribution is 7.99. The summed E-state index contributed by atoms with van der Waals surface area (Å²) < 4.78 is 7.71. The van der Waals surface area contributed by atoms with Gasteiger partial charge in [-0.2, -0.15) is 0 Å². The van der Waals surface area contributed by atoms with Gasteiger partial charge in [-0.1, -0.05) is 54.2 Å². The Balaban J connectivity index is 1.04. The van der Waals surface area contributed by atoms with Crippen LogP contribution in [0, 0.1) is 5.41 Å². The molecule has 0 radical (unpaired) electrons. The highest BCUT2D eigenvalue weighted by Gasteiger charge is 2.37. The molecule has 0 N–H and O–H groups in total. The van der Waals surface area contributed by atoms with Crippen molar-refractivity contribution >= 4 is 17.4 Å². The Morgan fingerprint density at radius 2 is 1.57 bits per heavy atom. The van der Waals surface area contributed by atoms with Crippen molar-refractivity contribution in [3.05, 3.63) is 54.6 Å². The Labute approximate surface area is 213 Å². The smallest absolute Gasteiger partial charge is 0.191 e. The molecule has 0 atom stereocenters. The Morgan fingerprint density at radius 3 is 2.31 bits per heavy atom. The largest absolute Gasteiger partial charge is 0.495 e. The van der Waals surface area contributed by atoms with Gasteiger partial charge >= 0.3 is 0 Å². The number of benzene rings is 2. The fraction of sp³-hybridized carbons (Fsp3) is 0.500. The van der Waals surface area contributed by atoms with Gasteiger partial charge in [-0.05, 0) is 69.3 Å². The van der Waals surface area contributed by atoms with Gasteiger partial charge in [-0.15, -0.1) is 10.2 Å². The SMILES string of the molecule is COc1ccccc1N1CCC2(CCN(CCCSc3nnc(-c4ccccc4)n3C)CC2)CC1. The summed E-state index contributed by atoms with van der Waals surface area (Å²) in [6, 6.07) is 18.7. The van der Waals surface area contributed by atoms with E-state index in [2.05, 4.69) is 68.0 Å². The Hall–Kier alpha value is -2.51. The zero-order valence-corrected chi connectivity index (χ0v) is 21.8. The molecule has 0 bridgehead atoms. The summed E-state index contributed by atoms with van der Waals surface area (Å²) in [5, 5.41) is 9.83. The first kappa shape index (κ1) is 24.2. The maximum atomic E-state index is 5.59. The minimum Gasteiger partial charge on any atom is -0.495 e. The lowest BCUT2D eigenvalue weighted by atomic mass is 9.71. The maximum Gasteiger partial charge on any atom is 0.191 e. The molecular weight excluding hydrogens is 454 g/mol. The highest BCUT2D eigenvalue weighted by atomic mass is 32.2. The standard InChI is InChI=1S/C28H37N5OS/c1-31-26(23-9-4-3-5-10-23)29-30-27(31)35-22-8-17-32-18-13-28(14-19-32)15-20-33(21-16-28)24-11-6-7-12-25(24)34-2/h3-7,9-12H,8,13-22H2,1-2H3. The third kappa shape index (κ3) is 5.51. The first-order valence-electron chi connectivity index (χ1n) is 12.9. The lowest BCUT2D eigenvalue weighted by molar-refractivity contribution is 0.0801. The molecule has 1 spiro atoms. The molecule has 7 heteroatoms. The van der Waals surface area contributed by atoms with Crippen molar-refractivity contribution in [2.24, 2.45) is 12.5 Å². The second-order valence-electron chi connectivity index (χ2n) is 9.93. The number of piperidine rings is 2. The van der Waals surface area contributed by atoms with Crippen LogP contribution in [0.5, 0.6) is 5.75 Å². The van der Waals surface area contributed by atoms with E-state index in [1.807, 2.05) is 30.0 Å². The van der Waals surface area contributed by atoms with Crippen LogP contribution < -0.4 is 9.64 Å². The zero-order chi connectivity index (χ0) is 24.1. The van der Waals surface area contributed by atoms with Crippen LogP contribution in [0.15, 0.2) is 59.8 Å². The van der Waals surface area contributed by atoms with Gasteiger partial charge in [0.25, 0.3) is 0 Å². The summed E-state index contributed by atoms with van der Waals surface area (Å²) in [5.74, 6) is 3.01. The molecule has 0 unspecified atom stereocenters. The van der Waals surface area contributed by atoms with Crippen LogP contribution in [0.3, 0.4) is 0 Å². The molecule has 0 amide bonds. The molecule has 6 nitrogen and oxygen atoms in total. The van der Waals surface area contributed by atoms with Crippen molar-refractivity contribution in [2.75, 3.05) is 50.5 Å². The average Bonchev–Trinajstić information content (AvgIpc) is 3.28. The summed E-state index contributed by atoms with van der Waals surface area (Å²) in [6.45, 7) is 5.93. The molecule has 2 aliphatic heterocycles. The van der Waals surface area contributed by atoms with Crippen LogP contribution >= 0.6 is 11.8 Å². The number of likely N-dealkylation sites (tertiary alicyclic amines) is 1. The molecule has 5 rings (SSSR count). The summed E-state index contributed by atoms with van der Waals surface area (Å²) in [7, 11) is 3.83. The zero-order valence-electron chi connectivity index (χ0n) is 21.0. The van der Waals surface area contributed by atoms with Crippen molar-refractivity contribution in [3.63, 3.8) is 0 Å². The second kappa shape index (κ2) is 11.0. The predicted molar refractivity (Wildman–Crippen MR) is 144 cm³/mol. The highest BCUT2D eigenvalue weighted by Crippen LogP contribution is 2.43. The van der Waals surface area contributed by atoms with E-state index >= 15 is 0 Å². The molecule has 1 aromatic heterocycles. The van der Waals surface area contributed by atoms with E-state index in [0.29, 0.717) is 5.41 Å². The van der Waals surface area contributed by atoms with Gasteiger partial charge in [-0.25, -0.2) is 0 Å². The number of thioether (sulfide) groups is 1. The molecule has 35 heavy (non-hydrogen) atoms. The summed E-state index contributed by atoms with van der Waals surface area (Å²) in [6.07, 6.45) is 6.45. The van der Waals surface area contributed by atoms with Gasteiger partial charge < -0.3 is 19.1 Å². The number of hydrogen-bond acceptors (Lipinski definition) is 6. The van der Waals surface area contributed by atoms with Gasteiger partial charge in [0, 0.05) is 31.5 Å². The lowest BCUT2D eigenvalue weighted by Gasteiger charge is -2.47. The topological polar surface area (TPSA) is 46.4 Å². The minimum atomic E-state index is 0.538. The van der Waals surface area contributed by atoms with Crippen molar-refractivity contribution < 1.29 is 4.74 Å². The van der Waals surface area contributed by atoms with E-state index in [1.54, 1.807) is 7.11 Å². The van der Waals surface area contributed by atoms with Gasteiger partial charge in [0.15, 0.2) is 11.0 Å². The van der Waals surface area contributed by atoms with Crippen LogP contribution in [-0.2, 0) is 7.05 Å². The van der Waals surface area contributed by atoms with Crippen LogP contribution in [0.25, 0.3) is 11.4 Å². The summed E-state index contributed by atoms with van der Waals surface area (Å²) in [4.78, 5) is 5.19. The Bertz CT molecular complexity index is 1080. The van der Waals surface area contributed by atoms with Gasteiger partial charge in [0.05, 0.1) is 12.8 Å². The van der Waals surface area contributed by atoms with Crippen LogP contribution in [-0.4, -0.2) is 65.3 Å². The number of nitrogens with zero attached hydrogens (tertiary/aromatic N) is 5. The number of anilines is 1. The van der Waals surface area contributed by atoms with E-state index in [-0.39, 0.29) is 0 Å². The van der Waals surface area contributed by atoms with Crippen LogP contribution in [0.4, 0.5) is 5.69 Å². The van der Waals surface area contributed by atoms with Gasteiger partial charge in [0.1, 0.15) is 5.75 Å². The average molecular weight is 492 g/mol. The Morgan fingerprint density at radius 1 is 0.886 bits per heavy atom. The molecule has 0 saturated carbocycles. The summed E-state index contributed by atoms with van der Waals surface area (Å²) >= 11 is 1.82. The van der Waals surface area contributed by atoms with Crippen LogP contribution in [0.2, 0.25) is 0 Å². The van der Waals surface area contributed by atoms with E-state index in [1.165, 1.54) is 57.4 Å². The minimum absolute atomic E-state index is 0.538. The number of hydrogen-bond donors (Lipinski definition) is 0. The van der Waals surface area contributed by atoms with Crippen molar-refractivity contribution in [1.29, 1.82) is 0 Å². The fourth-order valence-corrected chi connectivity index (χ4v) is 6.43. The molecule has 0 aliphatic carbocycles. The monoisotopic (exact) mass is 491 g/mol. The van der Waals surface area contributed by atoms with Crippen molar-refractivity contribution in [3.8, 4) is 17.1 Å². The number of rotatable bonds is 8. The van der Waals surface area contributed by atoms with E-state index in [9.17, 15) is 0 Å². The molecule has 2 aliphatic rings. The van der Waals surface area contributed by atoms with Crippen molar-refractivity contribution in [1.82, 2.24) is 19.7 Å². The Kier molecular flexibility index (Phi) is 7.63. The maximum absolute atomic E-state index is 5.59. The molecule has 186 valence electrons. The lowest BCUT2D eigenvalue weighted by Crippen LogP contribution is -2.47. The molecule has 3 heterocycles. The van der Waals surface area contributed by atoms with Crippen LogP contribution in [0.1, 0.15) is 32.1 Å². The third-order valence-electron chi connectivity index (χ3n) is 7.88. The summed E-state index contributed by atoms with van der Waals surface area (Å²) in [5.41, 5.74) is 2.90. The number of methoxy groups -OCH3 is 1. The number of aromatic nitrogens is 3. The van der Waals surface area contributed by atoms with Gasteiger partial charge in [-0.3, -0.25) is 0 Å². The molecule has 2 fully saturated rings. The first-order chi connectivity index (χ1) is 17.2. The first-order valence-corrected chi connectivity index (χ1v) is 13.8. The van der Waals surface area contributed by atoms with E-state index in [4.69, 9.17) is 4.74 Å². The molecule has 3 aromatic rings. The van der Waals surface area contributed by atoms with E-state index in [0.717, 1.165) is 41.1 Å². The van der Waals surface area contributed by atoms with E-state index < -0.39 is 0 Å². The molecule has 2 aromatic carbocycles. The second-order valence-corrected chi connectivity index (χ2v) is 11.0. The quantitative estimate of drug-likeness (QED) is 0.312. The predicted octanol–water partition coefficient (Wildman–Crippen LogP) is 5.36. The van der Waals surface area contributed by atoms with Crippen molar-refractivity contribution in [2.45, 2.75) is 37.3 Å². The number of para-hydroxylation sites is 2. The number of ether oxygens (including phenoxy) is 1.